The van der Waals surface area contributed by atoms with E-state index in [0.717, 1.165) is 31.6 Å². The Hall–Kier alpha value is -2.26. The SMILES string of the molecule is Cn1nccc1CN1CC2COC[C@]2(C(=O)NCc2noc(C3CCC3)n2)C1. The van der Waals surface area contributed by atoms with Gasteiger partial charge < -0.3 is 14.6 Å². The highest BCUT2D eigenvalue weighted by Gasteiger charge is 2.55. The molecule has 1 N–H and O–H groups in total. The first-order valence-electron chi connectivity index (χ1n) is 10.0. The largest absolute Gasteiger partial charge is 0.380 e. The molecule has 28 heavy (non-hydrogen) atoms. The summed E-state index contributed by atoms with van der Waals surface area (Å²) >= 11 is 0. The van der Waals surface area contributed by atoms with E-state index in [9.17, 15) is 4.79 Å². The Morgan fingerprint density at radius 2 is 2.32 bits per heavy atom. The number of hydrogen-bond donors (Lipinski definition) is 1. The van der Waals surface area contributed by atoms with Gasteiger partial charge in [0.2, 0.25) is 11.8 Å². The number of carbonyl (C=O) groups excluding carboxylic acids is 1. The van der Waals surface area contributed by atoms with E-state index in [0.29, 0.717) is 43.9 Å². The molecule has 0 aromatic carbocycles. The Balaban J connectivity index is 1.22. The number of aromatic nitrogens is 4. The normalized spacial score (nSPS) is 27.7. The summed E-state index contributed by atoms with van der Waals surface area (Å²) in [5.41, 5.74) is 0.644. The second-order valence-corrected chi connectivity index (χ2v) is 8.34. The second kappa shape index (κ2) is 6.97. The molecule has 150 valence electrons. The first kappa shape index (κ1) is 17.8. The molecular weight excluding hydrogens is 360 g/mol. The number of fused-ring (bicyclic) bond motifs is 1. The Kier molecular flexibility index (Phi) is 4.43. The van der Waals surface area contributed by atoms with Crippen molar-refractivity contribution in [1.82, 2.24) is 30.1 Å². The first-order valence-corrected chi connectivity index (χ1v) is 10.0. The molecule has 1 amide bonds. The smallest absolute Gasteiger partial charge is 0.230 e. The van der Waals surface area contributed by atoms with Crippen molar-refractivity contribution < 1.29 is 14.1 Å². The summed E-state index contributed by atoms with van der Waals surface area (Å²) in [6.07, 6.45) is 5.25. The first-order chi connectivity index (χ1) is 13.6. The molecule has 0 spiro atoms. The molecule has 3 aliphatic rings. The zero-order chi connectivity index (χ0) is 19.1. The number of nitrogens with zero attached hydrogens (tertiary/aromatic N) is 5. The van der Waals surface area contributed by atoms with Crippen LogP contribution in [0.15, 0.2) is 16.8 Å². The zero-order valence-electron chi connectivity index (χ0n) is 16.1. The van der Waals surface area contributed by atoms with E-state index in [1.807, 2.05) is 17.8 Å². The molecular formula is C19H26N6O3. The molecule has 1 unspecified atom stereocenters. The van der Waals surface area contributed by atoms with E-state index in [4.69, 9.17) is 9.26 Å². The van der Waals surface area contributed by atoms with E-state index >= 15 is 0 Å². The van der Waals surface area contributed by atoms with Crippen molar-refractivity contribution in [3.63, 3.8) is 0 Å². The third-order valence-corrected chi connectivity index (χ3v) is 6.55. The van der Waals surface area contributed by atoms with Gasteiger partial charge in [0.25, 0.3) is 0 Å². The van der Waals surface area contributed by atoms with Crippen molar-refractivity contribution in [2.24, 2.45) is 18.4 Å². The summed E-state index contributed by atoms with van der Waals surface area (Å²) in [6, 6.07) is 2.02. The van der Waals surface area contributed by atoms with Crippen LogP contribution in [0.5, 0.6) is 0 Å². The number of ether oxygens (including phenoxy) is 1. The van der Waals surface area contributed by atoms with E-state index < -0.39 is 5.41 Å². The minimum atomic E-state index is -0.501. The zero-order valence-corrected chi connectivity index (χ0v) is 16.1. The molecule has 3 fully saturated rings. The lowest BCUT2D eigenvalue weighted by Crippen LogP contribution is -2.46. The molecule has 2 aromatic rings. The Morgan fingerprint density at radius 1 is 1.43 bits per heavy atom. The van der Waals surface area contributed by atoms with Crippen LogP contribution in [0.2, 0.25) is 0 Å². The van der Waals surface area contributed by atoms with Crippen molar-refractivity contribution in [2.75, 3.05) is 26.3 Å². The van der Waals surface area contributed by atoms with Crippen molar-refractivity contribution in [1.29, 1.82) is 0 Å². The Bertz CT molecular complexity index is 859. The van der Waals surface area contributed by atoms with Crippen LogP contribution in [-0.4, -0.2) is 57.0 Å². The number of hydrogen-bond acceptors (Lipinski definition) is 7. The van der Waals surface area contributed by atoms with Gasteiger partial charge in [0.15, 0.2) is 5.82 Å². The highest BCUT2D eigenvalue weighted by molar-refractivity contribution is 5.84. The number of nitrogens with one attached hydrogen (secondary N) is 1. The van der Waals surface area contributed by atoms with Gasteiger partial charge in [-0.2, -0.15) is 10.1 Å². The average Bonchev–Trinajstić information content (AvgIpc) is 3.37. The molecule has 2 aliphatic heterocycles. The number of rotatable bonds is 6. The maximum atomic E-state index is 13.1. The van der Waals surface area contributed by atoms with Gasteiger partial charge in [0.1, 0.15) is 0 Å². The number of carbonyl (C=O) groups is 1. The van der Waals surface area contributed by atoms with E-state index in [-0.39, 0.29) is 11.8 Å². The van der Waals surface area contributed by atoms with E-state index in [2.05, 4.69) is 25.5 Å². The van der Waals surface area contributed by atoms with Crippen molar-refractivity contribution in [3.8, 4) is 0 Å². The molecule has 1 saturated carbocycles. The van der Waals surface area contributed by atoms with Gasteiger partial charge in [-0.05, 0) is 18.9 Å². The van der Waals surface area contributed by atoms with Gasteiger partial charge in [0.05, 0.1) is 30.9 Å². The van der Waals surface area contributed by atoms with Gasteiger partial charge in [0, 0.05) is 44.7 Å². The lowest BCUT2D eigenvalue weighted by Gasteiger charge is -2.25. The fourth-order valence-corrected chi connectivity index (χ4v) is 4.56. The third kappa shape index (κ3) is 3.02. The van der Waals surface area contributed by atoms with Crippen LogP contribution in [0.1, 0.15) is 42.6 Å². The number of aryl methyl sites for hydroxylation is 1. The highest BCUT2D eigenvalue weighted by atomic mass is 16.5. The van der Waals surface area contributed by atoms with E-state index in [1.165, 1.54) is 6.42 Å². The van der Waals surface area contributed by atoms with Gasteiger partial charge in [-0.3, -0.25) is 14.4 Å². The molecule has 2 saturated heterocycles. The molecule has 2 atom stereocenters. The molecule has 9 heteroatoms. The van der Waals surface area contributed by atoms with Crippen LogP contribution in [0.3, 0.4) is 0 Å². The molecule has 5 rings (SSSR count). The summed E-state index contributed by atoms with van der Waals surface area (Å²) in [4.78, 5) is 19.9. The van der Waals surface area contributed by atoms with Gasteiger partial charge in [-0.1, -0.05) is 11.6 Å². The van der Waals surface area contributed by atoms with Gasteiger partial charge >= 0.3 is 0 Å². The third-order valence-electron chi connectivity index (χ3n) is 6.55. The molecule has 0 radical (unpaired) electrons. The maximum absolute atomic E-state index is 13.1. The summed E-state index contributed by atoms with van der Waals surface area (Å²) in [7, 11) is 1.95. The topological polar surface area (TPSA) is 98.3 Å². The highest BCUT2D eigenvalue weighted by Crippen LogP contribution is 2.42. The van der Waals surface area contributed by atoms with Crippen LogP contribution < -0.4 is 5.32 Å². The second-order valence-electron chi connectivity index (χ2n) is 8.34. The fourth-order valence-electron chi connectivity index (χ4n) is 4.56. The van der Waals surface area contributed by atoms with Crippen molar-refractivity contribution >= 4 is 5.91 Å². The molecule has 2 aromatic heterocycles. The minimum Gasteiger partial charge on any atom is -0.380 e. The molecule has 4 heterocycles. The lowest BCUT2D eigenvalue weighted by atomic mass is 9.80. The number of likely N-dealkylation sites (tertiary alicyclic amines) is 1. The standard InChI is InChI=1S/C19H26N6O3/c1-24-15(5-6-21-24)9-25-8-14-10-27-12-19(14,11-25)18(26)20-7-16-22-17(28-23-16)13-3-2-4-13/h5-6,13-14H,2-4,7-12H2,1H3,(H,20,26)/t14?,19-/m1/s1. The van der Waals surface area contributed by atoms with Crippen LogP contribution in [0.4, 0.5) is 0 Å². The quantitative estimate of drug-likeness (QED) is 0.785. The monoisotopic (exact) mass is 386 g/mol. The summed E-state index contributed by atoms with van der Waals surface area (Å²) in [5, 5.41) is 11.3. The minimum absolute atomic E-state index is 0.0255. The summed E-state index contributed by atoms with van der Waals surface area (Å²) < 4.78 is 12.9. The fraction of sp³-hybridized carbons (Fsp3) is 0.684. The molecule has 1 aliphatic carbocycles. The molecule has 0 bridgehead atoms. The van der Waals surface area contributed by atoms with Crippen LogP contribution in [0.25, 0.3) is 0 Å². The Labute approximate surface area is 163 Å². The van der Waals surface area contributed by atoms with Gasteiger partial charge in [-0.25, -0.2) is 0 Å². The Morgan fingerprint density at radius 3 is 3.07 bits per heavy atom. The lowest BCUT2D eigenvalue weighted by molar-refractivity contribution is -0.131. The van der Waals surface area contributed by atoms with Crippen LogP contribution in [0, 0.1) is 11.3 Å². The van der Waals surface area contributed by atoms with E-state index in [1.54, 1.807) is 6.20 Å². The van der Waals surface area contributed by atoms with Crippen LogP contribution in [-0.2, 0) is 29.7 Å². The summed E-state index contributed by atoms with van der Waals surface area (Å²) in [5.74, 6) is 1.89. The van der Waals surface area contributed by atoms with Crippen LogP contribution >= 0.6 is 0 Å². The van der Waals surface area contributed by atoms with Crippen molar-refractivity contribution in [3.05, 3.63) is 29.7 Å². The number of amides is 1. The average molecular weight is 386 g/mol. The molecule has 9 nitrogen and oxygen atoms in total. The predicted octanol–water partition coefficient (Wildman–Crippen LogP) is 0.835. The van der Waals surface area contributed by atoms with Crippen molar-refractivity contribution in [2.45, 2.75) is 38.3 Å². The maximum Gasteiger partial charge on any atom is 0.230 e. The van der Waals surface area contributed by atoms with Gasteiger partial charge in [-0.15, -0.1) is 0 Å². The predicted molar refractivity (Wildman–Crippen MR) is 98.0 cm³/mol. The summed E-state index contributed by atoms with van der Waals surface area (Å²) in [6.45, 7) is 3.72.